The number of nitrogens with two attached hydrogens (primary N) is 1. The largest absolute Gasteiger partial charge is 0.382 e. The lowest BCUT2D eigenvalue weighted by atomic mass is 9.48. The highest BCUT2D eigenvalue weighted by molar-refractivity contribution is 5.20. The van der Waals surface area contributed by atoms with E-state index in [1.54, 1.807) is 0 Å². The number of rotatable bonds is 3. The molecule has 1 unspecified atom stereocenters. The predicted molar refractivity (Wildman–Crippen MR) is 78.9 cm³/mol. The molecule has 0 amide bonds. The molecule has 0 spiro atoms. The van der Waals surface area contributed by atoms with Gasteiger partial charge in [-0.2, -0.15) is 0 Å². The molecule has 4 aliphatic rings. The minimum Gasteiger partial charge on any atom is -0.382 e. The molecule has 110 valence electrons. The molecule has 0 aliphatic heterocycles. The van der Waals surface area contributed by atoms with E-state index in [4.69, 9.17) is 5.73 Å². The maximum atomic E-state index is 11.4. The monoisotopic (exact) mass is 274 g/mol. The van der Waals surface area contributed by atoms with Crippen LogP contribution in [0.25, 0.3) is 0 Å². The van der Waals surface area contributed by atoms with Gasteiger partial charge in [-0.25, -0.2) is 0 Å². The topological polar surface area (TPSA) is 51.2 Å². The summed E-state index contributed by atoms with van der Waals surface area (Å²) in [5.41, 5.74) is 6.26. The van der Waals surface area contributed by atoms with Crippen molar-refractivity contribution in [2.75, 3.05) is 6.54 Å². The Bertz CT molecular complexity index is 481. The van der Waals surface area contributed by atoms with Crippen LogP contribution >= 0.6 is 0 Å². The number of aromatic nitrogens is 1. The van der Waals surface area contributed by atoms with Crippen molar-refractivity contribution in [1.82, 2.24) is 4.57 Å². The molecule has 0 radical (unpaired) electrons. The lowest BCUT2D eigenvalue weighted by Gasteiger charge is -2.58. The quantitative estimate of drug-likeness (QED) is 0.888. The third-order valence-electron chi connectivity index (χ3n) is 6.48. The summed E-state index contributed by atoms with van der Waals surface area (Å²) in [5.74, 6) is 3.62. The SMILES string of the molecule is Cn1cccc1C(O)(CN)C1C2CC3CC(C2)CC1C3. The van der Waals surface area contributed by atoms with Crippen molar-refractivity contribution < 1.29 is 5.11 Å². The minimum atomic E-state index is -0.832. The summed E-state index contributed by atoms with van der Waals surface area (Å²) >= 11 is 0. The van der Waals surface area contributed by atoms with E-state index < -0.39 is 5.60 Å². The van der Waals surface area contributed by atoms with Gasteiger partial charge in [0.2, 0.25) is 0 Å². The van der Waals surface area contributed by atoms with Gasteiger partial charge in [0.05, 0.1) is 5.69 Å². The Morgan fingerprint density at radius 3 is 2.25 bits per heavy atom. The van der Waals surface area contributed by atoms with Crippen LogP contribution in [0, 0.1) is 29.6 Å². The van der Waals surface area contributed by atoms with Crippen molar-refractivity contribution in [2.24, 2.45) is 42.4 Å². The molecule has 5 rings (SSSR count). The van der Waals surface area contributed by atoms with E-state index in [2.05, 4.69) is 10.6 Å². The molecule has 4 saturated carbocycles. The minimum absolute atomic E-state index is 0.345. The average molecular weight is 274 g/mol. The fraction of sp³-hybridized carbons (Fsp3) is 0.765. The van der Waals surface area contributed by atoms with Crippen LogP contribution in [-0.4, -0.2) is 16.2 Å². The molecule has 0 aromatic carbocycles. The third-order valence-corrected chi connectivity index (χ3v) is 6.48. The Hall–Kier alpha value is -0.800. The van der Waals surface area contributed by atoms with Crippen molar-refractivity contribution in [3.8, 4) is 0 Å². The molecule has 3 N–H and O–H groups in total. The fourth-order valence-corrected chi connectivity index (χ4v) is 6.03. The lowest BCUT2D eigenvalue weighted by Crippen LogP contribution is -2.56. The number of aryl methyl sites for hydroxylation is 1. The summed E-state index contributed by atoms with van der Waals surface area (Å²) < 4.78 is 2.05. The normalized spacial score (nSPS) is 41.9. The molecule has 1 atom stereocenters. The summed E-state index contributed by atoms with van der Waals surface area (Å²) in [6.07, 6.45) is 8.76. The van der Waals surface area contributed by atoms with Crippen LogP contribution in [0.5, 0.6) is 0 Å². The van der Waals surface area contributed by atoms with Gasteiger partial charge >= 0.3 is 0 Å². The zero-order valence-corrected chi connectivity index (χ0v) is 12.3. The van der Waals surface area contributed by atoms with Crippen molar-refractivity contribution in [1.29, 1.82) is 0 Å². The molecule has 1 aromatic rings. The molecule has 4 bridgehead atoms. The second-order valence-corrected chi connectivity index (χ2v) is 7.59. The Kier molecular flexibility index (Phi) is 2.80. The van der Waals surface area contributed by atoms with Crippen molar-refractivity contribution >= 4 is 0 Å². The molecule has 1 heterocycles. The van der Waals surface area contributed by atoms with Gasteiger partial charge in [-0.05, 0) is 67.9 Å². The molecule has 0 saturated heterocycles. The highest BCUT2D eigenvalue weighted by atomic mass is 16.3. The van der Waals surface area contributed by atoms with Gasteiger partial charge < -0.3 is 15.4 Å². The first-order chi connectivity index (χ1) is 9.61. The number of hydrogen-bond acceptors (Lipinski definition) is 2. The Morgan fingerprint density at radius 2 is 1.80 bits per heavy atom. The van der Waals surface area contributed by atoms with Crippen LogP contribution < -0.4 is 5.73 Å². The average Bonchev–Trinajstić information content (AvgIpc) is 2.84. The second kappa shape index (κ2) is 4.35. The zero-order valence-electron chi connectivity index (χ0n) is 12.3. The molecule has 4 fully saturated rings. The molecule has 1 aromatic heterocycles. The second-order valence-electron chi connectivity index (χ2n) is 7.59. The van der Waals surface area contributed by atoms with Gasteiger partial charge in [0, 0.05) is 25.7 Å². The molecule has 20 heavy (non-hydrogen) atoms. The lowest BCUT2D eigenvalue weighted by molar-refractivity contribution is -0.146. The molecular formula is C17H26N2O. The maximum absolute atomic E-state index is 11.4. The zero-order chi connectivity index (χ0) is 13.9. The number of nitrogens with zero attached hydrogens (tertiary/aromatic N) is 1. The van der Waals surface area contributed by atoms with Gasteiger partial charge in [0.25, 0.3) is 0 Å². The smallest absolute Gasteiger partial charge is 0.120 e. The van der Waals surface area contributed by atoms with E-state index in [1.807, 2.05) is 19.3 Å². The fourth-order valence-electron chi connectivity index (χ4n) is 6.03. The van der Waals surface area contributed by atoms with E-state index in [9.17, 15) is 5.11 Å². The van der Waals surface area contributed by atoms with Crippen molar-refractivity contribution in [3.05, 3.63) is 24.0 Å². The Balaban J connectivity index is 1.73. The van der Waals surface area contributed by atoms with Crippen molar-refractivity contribution in [2.45, 2.75) is 37.7 Å². The molecular weight excluding hydrogens is 248 g/mol. The first-order valence-electron chi connectivity index (χ1n) is 8.16. The van der Waals surface area contributed by atoms with Crippen LogP contribution in [-0.2, 0) is 12.6 Å². The number of hydrogen-bond donors (Lipinski definition) is 2. The number of aliphatic hydroxyl groups is 1. The standard InChI is InChI=1S/C17H26N2O/c1-19-4-2-3-15(19)17(20,10-18)16-13-6-11-5-12(8-13)9-14(16)7-11/h2-4,11-14,16,20H,5-10,18H2,1H3. The van der Waals surface area contributed by atoms with Crippen LogP contribution in [0.2, 0.25) is 0 Å². The van der Waals surface area contributed by atoms with E-state index in [0.29, 0.717) is 24.3 Å². The van der Waals surface area contributed by atoms with Gasteiger partial charge in [-0.1, -0.05) is 0 Å². The summed E-state index contributed by atoms with van der Waals surface area (Å²) in [7, 11) is 2.02. The van der Waals surface area contributed by atoms with E-state index >= 15 is 0 Å². The van der Waals surface area contributed by atoms with Crippen molar-refractivity contribution in [3.63, 3.8) is 0 Å². The van der Waals surface area contributed by atoms with Gasteiger partial charge in [0.15, 0.2) is 0 Å². The van der Waals surface area contributed by atoms with Crippen LogP contribution in [0.4, 0.5) is 0 Å². The van der Waals surface area contributed by atoms with Crippen LogP contribution in [0.3, 0.4) is 0 Å². The highest BCUT2D eigenvalue weighted by Crippen LogP contribution is 2.60. The summed E-state index contributed by atoms with van der Waals surface area (Å²) in [5, 5.41) is 11.4. The van der Waals surface area contributed by atoms with Gasteiger partial charge in [-0.3, -0.25) is 0 Å². The van der Waals surface area contributed by atoms with Gasteiger partial charge in [0.1, 0.15) is 5.60 Å². The Labute approximate surface area is 121 Å². The molecule has 4 aliphatic carbocycles. The first-order valence-corrected chi connectivity index (χ1v) is 8.16. The van der Waals surface area contributed by atoms with E-state index in [0.717, 1.165) is 17.5 Å². The third kappa shape index (κ3) is 1.66. The van der Waals surface area contributed by atoms with Crippen LogP contribution in [0.15, 0.2) is 18.3 Å². The van der Waals surface area contributed by atoms with Crippen LogP contribution in [0.1, 0.15) is 37.8 Å². The molecule has 3 nitrogen and oxygen atoms in total. The van der Waals surface area contributed by atoms with E-state index in [1.165, 1.54) is 32.1 Å². The summed E-state index contributed by atoms with van der Waals surface area (Å²) in [6, 6.07) is 4.07. The highest BCUT2D eigenvalue weighted by Gasteiger charge is 2.55. The predicted octanol–water partition coefficient (Wildman–Crippen LogP) is 2.24. The first kappa shape index (κ1) is 12.9. The molecule has 3 heteroatoms. The Morgan fingerprint density at radius 1 is 1.20 bits per heavy atom. The maximum Gasteiger partial charge on any atom is 0.120 e. The van der Waals surface area contributed by atoms with Gasteiger partial charge in [-0.15, -0.1) is 0 Å². The summed E-state index contributed by atoms with van der Waals surface area (Å²) in [6.45, 7) is 0.345. The van der Waals surface area contributed by atoms with E-state index in [-0.39, 0.29) is 0 Å². The summed E-state index contributed by atoms with van der Waals surface area (Å²) in [4.78, 5) is 0.